The topological polar surface area (TPSA) is 78.4 Å². The van der Waals surface area contributed by atoms with Crippen LogP contribution in [0.5, 0.6) is 0 Å². The molecule has 1 aromatic heterocycles. The summed E-state index contributed by atoms with van der Waals surface area (Å²) >= 11 is 1.31. The van der Waals surface area contributed by atoms with Gasteiger partial charge in [0.25, 0.3) is 0 Å². The number of urea groups is 1. The van der Waals surface area contributed by atoms with Gasteiger partial charge in [-0.05, 0) is 23.8 Å². The molecule has 0 aromatic carbocycles. The molecule has 6 heteroatoms. The second kappa shape index (κ2) is 7.00. The lowest BCUT2D eigenvalue weighted by Crippen LogP contribution is -2.41. The summed E-state index contributed by atoms with van der Waals surface area (Å²) in [7, 11) is 0. The van der Waals surface area contributed by atoms with E-state index in [0.717, 1.165) is 6.42 Å². The van der Waals surface area contributed by atoms with E-state index in [0.29, 0.717) is 17.3 Å². The van der Waals surface area contributed by atoms with Gasteiger partial charge in [-0.2, -0.15) is 0 Å². The minimum atomic E-state index is -1.06. The predicted octanol–water partition coefficient (Wildman–Crippen LogP) is 2.22. The zero-order chi connectivity index (χ0) is 13.5. The first-order valence-corrected chi connectivity index (χ1v) is 6.69. The molecule has 3 N–H and O–H groups in total. The fourth-order valence-electron chi connectivity index (χ4n) is 1.37. The SMILES string of the molecule is CC(C)CCNC(=O)NC(C(=O)O)c1cccs1. The molecule has 1 unspecified atom stereocenters. The molecule has 0 saturated heterocycles. The second-order valence-electron chi connectivity index (χ2n) is 4.37. The highest BCUT2D eigenvalue weighted by Gasteiger charge is 2.22. The summed E-state index contributed by atoms with van der Waals surface area (Å²) < 4.78 is 0. The lowest BCUT2D eigenvalue weighted by atomic mass is 10.1. The maximum absolute atomic E-state index is 11.6. The van der Waals surface area contributed by atoms with Gasteiger partial charge < -0.3 is 15.7 Å². The van der Waals surface area contributed by atoms with Gasteiger partial charge in [-0.25, -0.2) is 9.59 Å². The number of rotatable bonds is 6. The number of carbonyl (C=O) groups is 2. The zero-order valence-corrected chi connectivity index (χ0v) is 11.3. The van der Waals surface area contributed by atoms with Gasteiger partial charge in [0.2, 0.25) is 0 Å². The van der Waals surface area contributed by atoms with Crippen molar-refractivity contribution in [1.82, 2.24) is 10.6 Å². The highest BCUT2D eigenvalue weighted by atomic mass is 32.1. The lowest BCUT2D eigenvalue weighted by molar-refractivity contribution is -0.139. The lowest BCUT2D eigenvalue weighted by Gasteiger charge is -2.14. The van der Waals surface area contributed by atoms with Crippen molar-refractivity contribution in [2.75, 3.05) is 6.54 Å². The van der Waals surface area contributed by atoms with E-state index in [1.165, 1.54) is 11.3 Å². The zero-order valence-electron chi connectivity index (χ0n) is 10.5. The first kappa shape index (κ1) is 14.5. The fraction of sp³-hybridized carbons (Fsp3) is 0.500. The Hall–Kier alpha value is -1.56. The molecule has 100 valence electrons. The van der Waals surface area contributed by atoms with Crippen molar-refractivity contribution in [2.24, 2.45) is 5.92 Å². The Morgan fingerprint density at radius 3 is 2.67 bits per heavy atom. The van der Waals surface area contributed by atoms with Gasteiger partial charge >= 0.3 is 12.0 Å². The molecule has 1 heterocycles. The third-order valence-corrected chi connectivity index (χ3v) is 3.29. The van der Waals surface area contributed by atoms with Crippen LogP contribution in [0.2, 0.25) is 0 Å². The van der Waals surface area contributed by atoms with Crippen LogP contribution in [0.1, 0.15) is 31.2 Å². The Balaban J connectivity index is 2.47. The molecule has 0 bridgehead atoms. The number of carboxylic acid groups (broad SMARTS) is 1. The molecule has 0 spiro atoms. The number of thiophene rings is 1. The summed E-state index contributed by atoms with van der Waals surface area (Å²) in [6, 6.07) is 2.02. The fourth-order valence-corrected chi connectivity index (χ4v) is 2.13. The minimum Gasteiger partial charge on any atom is -0.479 e. The van der Waals surface area contributed by atoms with Crippen LogP contribution in [0.3, 0.4) is 0 Å². The molecule has 2 amide bonds. The summed E-state index contributed by atoms with van der Waals surface area (Å²) in [5, 5.41) is 16.0. The Morgan fingerprint density at radius 2 is 2.17 bits per heavy atom. The maximum atomic E-state index is 11.6. The van der Waals surface area contributed by atoms with Crippen LogP contribution in [0, 0.1) is 5.92 Å². The molecule has 0 saturated carbocycles. The standard InChI is InChI=1S/C12H18N2O3S/c1-8(2)5-6-13-12(17)14-10(11(15)16)9-4-3-7-18-9/h3-4,7-8,10H,5-6H2,1-2H3,(H,15,16)(H2,13,14,17). The van der Waals surface area contributed by atoms with Crippen LogP contribution in [0.25, 0.3) is 0 Å². The van der Waals surface area contributed by atoms with E-state index in [2.05, 4.69) is 24.5 Å². The van der Waals surface area contributed by atoms with E-state index in [-0.39, 0.29) is 0 Å². The molecule has 1 aromatic rings. The number of amides is 2. The Morgan fingerprint density at radius 1 is 1.44 bits per heavy atom. The average molecular weight is 270 g/mol. The first-order chi connectivity index (χ1) is 8.50. The number of carbonyl (C=O) groups excluding carboxylic acids is 1. The van der Waals surface area contributed by atoms with Crippen molar-refractivity contribution >= 4 is 23.3 Å². The van der Waals surface area contributed by atoms with Gasteiger partial charge in [0.15, 0.2) is 6.04 Å². The molecular weight excluding hydrogens is 252 g/mol. The third kappa shape index (κ3) is 4.75. The van der Waals surface area contributed by atoms with Crippen LogP contribution >= 0.6 is 11.3 Å². The molecule has 0 aliphatic rings. The average Bonchev–Trinajstić information content (AvgIpc) is 2.78. The Bertz CT molecular complexity index is 390. The van der Waals surface area contributed by atoms with Gasteiger partial charge in [-0.3, -0.25) is 0 Å². The van der Waals surface area contributed by atoms with Gasteiger partial charge in [0, 0.05) is 11.4 Å². The first-order valence-electron chi connectivity index (χ1n) is 5.81. The van der Waals surface area contributed by atoms with E-state index in [9.17, 15) is 9.59 Å². The van der Waals surface area contributed by atoms with Crippen molar-refractivity contribution in [2.45, 2.75) is 26.3 Å². The molecule has 5 nitrogen and oxygen atoms in total. The van der Waals surface area contributed by atoms with Crippen molar-refractivity contribution in [3.8, 4) is 0 Å². The minimum absolute atomic E-state index is 0.448. The molecule has 0 fully saturated rings. The smallest absolute Gasteiger partial charge is 0.331 e. The van der Waals surface area contributed by atoms with Crippen LogP contribution in [-0.2, 0) is 4.79 Å². The number of carboxylic acids is 1. The van der Waals surface area contributed by atoms with E-state index < -0.39 is 18.0 Å². The van der Waals surface area contributed by atoms with Crippen LogP contribution in [0.15, 0.2) is 17.5 Å². The molecule has 18 heavy (non-hydrogen) atoms. The Labute approximate surface area is 110 Å². The molecule has 1 rings (SSSR count). The summed E-state index contributed by atoms with van der Waals surface area (Å²) in [5.74, 6) is -0.561. The van der Waals surface area contributed by atoms with Crippen LogP contribution in [0.4, 0.5) is 4.79 Å². The summed E-state index contributed by atoms with van der Waals surface area (Å²) in [4.78, 5) is 23.2. The van der Waals surface area contributed by atoms with Crippen molar-refractivity contribution in [3.05, 3.63) is 22.4 Å². The van der Waals surface area contributed by atoms with E-state index in [1.54, 1.807) is 17.5 Å². The molecule has 1 atom stereocenters. The molecular formula is C12H18N2O3S. The highest BCUT2D eigenvalue weighted by molar-refractivity contribution is 7.10. The number of hydrogen-bond acceptors (Lipinski definition) is 3. The van der Waals surface area contributed by atoms with Crippen molar-refractivity contribution in [1.29, 1.82) is 0 Å². The normalized spacial score (nSPS) is 12.2. The number of hydrogen-bond donors (Lipinski definition) is 3. The molecule has 0 aliphatic carbocycles. The third-order valence-electron chi connectivity index (χ3n) is 2.36. The van der Waals surface area contributed by atoms with Gasteiger partial charge in [-0.15, -0.1) is 11.3 Å². The molecule has 0 aliphatic heterocycles. The van der Waals surface area contributed by atoms with Gasteiger partial charge in [0.1, 0.15) is 0 Å². The predicted molar refractivity (Wildman–Crippen MR) is 70.7 cm³/mol. The summed E-state index contributed by atoms with van der Waals surface area (Å²) in [6.07, 6.45) is 0.865. The van der Waals surface area contributed by atoms with Crippen LogP contribution < -0.4 is 10.6 Å². The van der Waals surface area contributed by atoms with Gasteiger partial charge in [-0.1, -0.05) is 19.9 Å². The van der Waals surface area contributed by atoms with Crippen LogP contribution in [-0.4, -0.2) is 23.7 Å². The summed E-state index contributed by atoms with van der Waals surface area (Å²) in [6.45, 7) is 4.66. The second-order valence-corrected chi connectivity index (χ2v) is 5.35. The Kier molecular flexibility index (Phi) is 5.64. The number of aliphatic carboxylic acids is 1. The van der Waals surface area contributed by atoms with Crippen molar-refractivity contribution < 1.29 is 14.7 Å². The largest absolute Gasteiger partial charge is 0.479 e. The highest BCUT2D eigenvalue weighted by Crippen LogP contribution is 2.18. The van der Waals surface area contributed by atoms with E-state index in [1.807, 2.05) is 0 Å². The van der Waals surface area contributed by atoms with Gasteiger partial charge in [0.05, 0.1) is 0 Å². The summed E-state index contributed by atoms with van der Waals surface area (Å²) in [5.41, 5.74) is 0. The van der Waals surface area contributed by atoms with E-state index in [4.69, 9.17) is 5.11 Å². The monoisotopic (exact) mass is 270 g/mol. The number of nitrogens with one attached hydrogen (secondary N) is 2. The van der Waals surface area contributed by atoms with E-state index >= 15 is 0 Å². The molecule has 0 radical (unpaired) electrons. The van der Waals surface area contributed by atoms with Crippen molar-refractivity contribution in [3.63, 3.8) is 0 Å². The quantitative estimate of drug-likeness (QED) is 0.741. The maximum Gasteiger partial charge on any atom is 0.331 e.